The first-order valence-electron chi connectivity index (χ1n) is 6.41. The molecule has 19 heavy (non-hydrogen) atoms. The molecule has 1 fully saturated rings. The van der Waals surface area contributed by atoms with Crippen LogP contribution in [0.3, 0.4) is 0 Å². The predicted molar refractivity (Wildman–Crippen MR) is 74.9 cm³/mol. The van der Waals surface area contributed by atoms with Gasteiger partial charge in [0.2, 0.25) is 5.91 Å². The number of amides is 1. The Hall–Kier alpha value is -1.75. The van der Waals surface area contributed by atoms with Gasteiger partial charge in [-0.3, -0.25) is 9.69 Å². The van der Waals surface area contributed by atoms with E-state index >= 15 is 0 Å². The summed E-state index contributed by atoms with van der Waals surface area (Å²) in [4.78, 5) is 14.1. The van der Waals surface area contributed by atoms with Crippen LogP contribution in [0.1, 0.15) is 19.4 Å². The molecule has 0 spiro atoms. The summed E-state index contributed by atoms with van der Waals surface area (Å²) in [7, 11) is 1.63. The maximum Gasteiger partial charge on any atom is 0.240 e. The van der Waals surface area contributed by atoms with E-state index in [0.29, 0.717) is 18.8 Å². The number of rotatable bonds is 3. The van der Waals surface area contributed by atoms with Crippen LogP contribution in [0, 0.1) is 0 Å². The third kappa shape index (κ3) is 2.66. The van der Waals surface area contributed by atoms with Crippen LogP contribution in [-0.2, 0) is 11.3 Å². The molecule has 1 saturated heterocycles. The van der Waals surface area contributed by atoms with Crippen LogP contribution in [0.2, 0.25) is 0 Å². The zero-order valence-corrected chi connectivity index (χ0v) is 11.7. The van der Waals surface area contributed by atoms with E-state index in [-0.39, 0.29) is 5.91 Å². The number of nitrogens with zero attached hydrogens (tertiary/aromatic N) is 1. The third-order valence-electron chi connectivity index (χ3n) is 3.69. The molecule has 104 valence electrons. The van der Waals surface area contributed by atoms with Crippen molar-refractivity contribution < 1.29 is 9.53 Å². The zero-order chi connectivity index (χ0) is 14.0. The van der Waals surface area contributed by atoms with E-state index in [1.165, 1.54) is 0 Å². The second-order valence-electron chi connectivity index (χ2n) is 5.31. The molecule has 2 rings (SSSR count). The van der Waals surface area contributed by atoms with Crippen molar-refractivity contribution in [3.05, 3.63) is 23.8 Å². The van der Waals surface area contributed by atoms with Gasteiger partial charge in [0.1, 0.15) is 5.75 Å². The Morgan fingerprint density at radius 3 is 2.89 bits per heavy atom. The lowest BCUT2D eigenvalue weighted by atomic mass is 9.98. The Morgan fingerprint density at radius 1 is 1.47 bits per heavy atom. The first-order valence-corrected chi connectivity index (χ1v) is 6.41. The van der Waals surface area contributed by atoms with Crippen molar-refractivity contribution in [1.29, 1.82) is 0 Å². The summed E-state index contributed by atoms with van der Waals surface area (Å²) in [5.74, 6) is 0.829. The standard InChI is InChI=1S/C14H21N3O2/c1-14(2)13(18)16-6-7-17(14)9-10-4-5-11(15)8-12(10)19-3/h4-5,8H,6-7,9,15H2,1-3H3,(H,16,18). The van der Waals surface area contributed by atoms with Gasteiger partial charge in [0.25, 0.3) is 0 Å². The summed E-state index contributed by atoms with van der Waals surface area (Å²) < 4.78 is 5.36. The number of ether oxygens (including phenoxy) is 1. The van der Waals surface area contributed by atoms with Crippen LogP contribution in [0.4, 0.5) is 5.69 Å². The number of nitrogen functional groups attached to an aromatic ring is 1. The molecule has 0 aliphatic carbocycles. The van der Waals surface area contributed by atoms with E-state index in [1.54, 1.807) is 7.11 Å². The van der Waals surface area contributed by atoms with Crippen molar-refractivity contribution in [3.8, 4) is 5.75 Å². The highest BCUT2D eigenvalue weighted by atomic mass is 16.5. The molecule has 5 heteroatoms. The van der Waals surface area contributed by atoms with Crippen LogP contribution < -0.4 is 15.8 Å². The third-order valence-corrected chi connectivity index (χ3v) is 3.69. The Morgan fingerprint density at radius 2 is 2.21 bits per heavy atom. The first-order chi connectivity index (χ1) is 8.95. The minimum Gasteiger partial charge on any atom is -0.496 e. The van der Waals surface area contributed by atoms with Crippen LogP contribution in [0.25, 0.3) is 0 Å². The maximum absolute atomic E-state index is 11.9. The zero-order valence-electron chi connectivity index (χ0n) is 11.7. The van der Waals surface area contributed by atoms with E-state index in [0.717, 1.165) is 17.9 Å². The van der Waals surface area contributed by atoms with Gasteiger partial charge in [0.05, 0.1) is 12.6 Å². The minimum atomic E-state index is -0.509. The molecule has 0 saturated carbocycles. The van der Waals surface area contributed by atoms with E-state index in [4.69, 9.17) is 10.5 Å². The Bertz CT molecular complexity index is 486. The number of piperazine rings is 1. The van der Waals surface area contributed by atoms with Crippen molar-refractivity contribution in [2.75, 3.05) is 25.9 Å². The van der Waals surface area contributed by atoms with Gasteiger partial charge in [-0.2, -0.15) is 0 Å². The van der Waals surface area contributed by atoms with E-state index in [1.807, 2.05) is 32.0 Å². The van der Waals surface area contributed by atoms with E-state index < -0.39 is 5.54 Å². The van der Waals surface area contributed by atoms with Crippen molar-refractivity contribution >= 4 is 11.6 Å². The molecule has 0 atom stereocenters. The summed E-state index contributed by atoms with van der Waals surface area (Å²) in [5.41, 5.74) is 6.96. The fourth-order valence-electron chi connectivity index (χ4n) is 2.32. The normalized spacial score (nSPS) is 19.0. The first kappa shape index (κ1) is 13.7. The maximum atomic E-state index is 11.9. The van der Waals surface area contributed by atoms with E-state index in [9.17, 15) is 4.79 Å². The molecule has 1 amide bonds. The number of nitrogens with one attached hydrogen (secondary N) is 1. The molecule has 1 aliphatic heterocycles. The summed E-state index contributed by atoms with van der Waals surface area (Å²) >= 11 is 0. The molecule has 0 bridgehead atoms. The second kappa shape index (κ2) is 5.09. The lowest BCUT2D eigenvalue weighted by molar-refractivity contribution is -0.135. The number of nitrogens with two attached hydrogens (primary N) is 1. The van der Waals surface area contributed by atoms with Gasteiger partial charge in [0, 0.05) is 37.0 Å². The van der Waals surface area contributed by atoms with Crippen molar-refractivity contribution in [1.82, 2.24) is 10.2 Å². The molecule has 1 aromatic rings. The smallest absolute Gasteiger partial charge is 0.240 e. The largest absolute Gasteiger partial charge is 0.496 e. The van der Waals surface area contributed by atoms with Crippen LogP contribution in [0.15, 0.2) is 18.2 Å². The Labute approximate surface area is 113 Å². The molecule has 0 unspecified atom stereocenters. The van der Waals surface area contributed by atoms with Gasteiger partial charge < -0.3 is 15.8 Å². The quantitative estimate of drug-likeness (QED) is 0.798. The Balaban J connectivity index is 2.23. The molecular weight excluding hydrogens is 242 g/mol. The number of hydrogen-bond acceptors (Lipinski definition) is 4. The van der Waals surface area contributed by atoms with Gasteiger partial charge >= 0.3 is 0 Å². The molecule has 1 aliphatic rings. The van der Waals surface area contributed by atoms with Crippen molar-refractivity contribution in [2.45, 2.75) is 25.9 Å². The molecule has 1 aromatic carbocycles. The summed E-state index contributed by atoms with van der Waals surface area (Å²) in [6, 6.07) is 5.62. The molecule has 3 N–H and O–H groups in total. The average Bonchev–Trinajstić information content (AvgIpc) is 2.37. The molecule has 0 radical (unpaired) electrons. The topological polar surface area (TPSA) is 67.6 Å². The lowest BCUT2D eigenvalue weighted by Gasteiger charge is -2.41. The second-order valence-corrected chi connectivity index (χ2v) is 5.31. The molecule has 1 heterocycles. The van der Waals surface area contributed by atoms with Crippen LogP contribution in [-0.4, -0.2) is 36.5 Å². The average molecular weight is 263 g/mol. The number of carbonyl (C=O) groups is 1. The number of anilines is 1. The summed E-state index contributed by atoms with van der Waals surface area (Å²) in [6.07, 6.45) is 0. The fraction of sp³-hybridized carbons (Fsp3) is 0.500. The minimum absolute atomic E-state index is 0.0631. The SMILES string of the molecule is COc1cc(N)ccc1CN1CCNC(=O)C1(C)C. The molecule has 5 nitrogen and oxygen atoms in total. The highest BCUT2D eigenvalue weighted by Gasteiger charge is 2.37. The number of methoxy groups -OCH3 is 1. The van der Waals surface area contributed by atoms with Crippen molar-refractivity contribution in [2.24, 2.45) is 0 Å². The van der Waals surface area contributed by atoms with Crippen LogP contribution >= 0.6 is 0 Å². The summed E-state index contributed by atoms with van der Waals surface area (Å²) in [5, 5.41) is 2.89. The van der Waals surface area contributed by atoms with Crippen molar-refractivity contribution in [3.63, 3.8) is 0 Å². The molecular formula is C14H21N3O2. The lowest BCUT2D eigenvalue weighted by Crippen LogP contribution is -2.61. The van der Waals surface area contributed by atoms with Crippen LogP contribution in [0.5, 0.6) is 5.75 Å². The predicted octanol–water partition coefficient (Wildman–Crippen LogP) is 0.988. The Kier molecular flexibility index (Phi) is 3.66. The van der Waals surface area contributed by atoms with Gasteiger partial charge in [-0.1, -0.05) is 6.07 Å². The molecule has 0 aromatic heterocycles. The number of benzene rings is 1. The van der Waals surface area contributed by atoms with Gasteiger partial charge in [-0.05, 0) is 19.9 Å². The monoisotopic (exact) mass is 263 g/mol. The fourth-order valence-corrected chi connectivity index (χ4v) is 2.32. The number of hydrogen-bond donors (Lipinski definition) is 2. The van der Waals surface area contributed by atoms with Gasteiger partial charge in [-0.15, -0.1) is 0 Å². The van der Waals surface area contributed by atoms with Gasteiger partial charge in [-0.25, -0.2) is 0 Å². The van der Waals surface area contributed by atoms with E-state index in [2.05, 4.69) is 10.2 Å². The highest BCUT2D eigenvalue weighted by Crippen LogP contribution is 2.27. The van der Waals surface area contributed by atoms with Gasteiger partial charge in [0.15, 0.2) is 0 Å². The summed E-state index contributed by atoms with van der Waals surface area (Å²) in [6.45, 7) is 6.05. The number of carbonyl (C=O) groups excluding carboxylic acids is 1. The highest BCUT2D eigenvalue weighted by molar-refractivity contribution is 5.86.